The zero-order chi connectivity index (χ0) is 21.5. The predicted octanol–water partition coefficient (Wildman–Crippen LogP) is 5.47. The van der Waals surface area contributed by atoms with Crippen molar-refractivity contribution in [3.63, 3.8) is 0 Å². The first kappa shape index (κ1) is 25.9. The average Bonchev–Trinajstić information content (AvgIpc) is 2.59. The standard InChI is InChI=1S/C24H40N2O2/c1-19(2)9-7-11-21(5)15-17-26(24(28)14-13-23(25)27)18-16-22(6)12-8-10-20(3)4/h9-10,15-16H,7-8,11-14,17-18H2,1-6H3,(H2,25,27)/b21-15+,22-16+. The molecule has 0 fully saturated rings. The lowest BCUT2D eigenvalue weighted by molar-refractivity contribution is -0.132. The van der Waals surface area contributed by atoms with Gasteiger partial charge in [-0.2, -0.15) is 0 Å². The molecule has 0 heterocycles. The number of primary amides is 1. The van der Waals surface area contributed by atoms with Gasteiger partial charge in [0.25, 0.3) is 0 Å². The lowest BCUT2D eigenvalue weighted by Crippen LogP contribution is -2.32. The molecule has 0 atom stereocenters. The maximum Gasteiger partial charge on any atom is 0.223 e. The largest absolute Gasteiger partial charge is 0.370 e. The molecule has 28 heavy (non-hydrogen) atoms. The van der Waals surface area contributed by atoms with Gasteiger partial charge in [-0.25, -0.2) is 0 Å². The quantitative estimate of drug-likeness (QED) is 0.425. The Bertz CT molecular complexity index is 577. The summed E-state index contributed by atoms with van der Waals surface area (Å²) in [6, 6.07) is 0. The monoisotopic (exact) mass is 388 g/mol. The van der Waals surface area contributed by atoms with Crippen LogP contribution in [0.5, 0.6) is 0 Å². The van der Waals surface area contributed by atoms with E-state index in [4.69, 9.17) is 5.73 Å². The van der Waals surface area contributed by atoms with Gasteiger partial charge in [-0.1, -0.05) is 46.6 Å². The molecule has 0 saturated heterocycles. The van der Waals surface area contributed by atoms with Crippen LogP contribution in [0.3, 0.4) is 0 Å². The summed E-state index contributed by atoms with van der Waals surface area (Å²) in [5.74, 6) is -0.462. The van der Waals surface area contributed by atoms with Gasteiger partial charge in [0, 0.05) is 25.9 Å². The Hall–Kier alpha value is -2.10. The highest BCUT2D eigenvalue weighted by atomic mass is 16.2. The van der Waals surface area contributed by atoms with Gasteiger partial charge in [0.05, 0.1) is 0 Å². The summed E-state index contributed by atoms with van der Waals surface area (Å²) in [6.07, 6.45) is 13.0. The normalized spacial score (nSPS) is 11.8. The molecule has 2 amide bonds. The summed E-state index contributed by atoms with van der Waals surface area (Å²) >= 11 is 0. The molecule has 0 saturated carbocycles. The van der Waals surface area contributed by atoms with Gasteiger partial charge >= 0.3 is 0 Å². The van der Waals surface area contributed by atoms with E-state index in [1.807, 2.05) is 0 Å². The van der Waals surface area contributed by atoms with Crippen LogP contribution in [-0.2, 0) is 9.59 Å². The van der Waals surface area contributed by atoms with E-state index in [1.54, 1.807) is 4.90 Å². The molecule has 4 heteroatoms. The molecule has 0 aliphatic rings. The van der Waals surface area contributed by atoms with Gasteiger partial charge < -0.3 is 10.6 Å². The fourth-order valence-corrected chi connectivity index (χ4v) is 2.58. The van der Waals surface area contributed by atoms with Gasteiger partial charge in [0.2, 0.25) is 11.8 Å². The Kier molecular flexibility index (Phi) is 13.8. The second-order valence-electron chi connectivity index (χ2n) is 8.01. The molecule has 0 aromatic carbocycles. The van der Waals surface area contributed by atoms with Crippen LogP contribution >= 0.6 is 0 Å². The van der Waals surface area contributed by atoms with Crippen molar-refractivity contribution in [1.29, 1.82) is 0 Å². The predicted molar refractivity (Wildman–Crippen MR) is 120 cm³/mol. The number of hydrogen-bond donors (Lipinski definition) is 1. The molecule has 2 N–H and O–H groups in total. The summed E-state index contributed by atoms with van der Waals surface area (Å²) in [5, 5.41) is 0. The Balaban J connectivity index is 4.90. The van der Waals surface area contributed by atoms with Crippen molar-refractivity contribution in [2.45, 2.75) is 80.1 Å². The van der Waals surface area contributed by atoms with E-state index < -0.39 is 5.91 Å². The minimum Gasteiger partial charge on any atom is -0.370 e. The molecule has 0 aromatic rings. The van der Waals surface area contributed by atoms with Crippen molar-refractivity contribution in [3.05, 3.63) is 46.6 Å². The number of allylic oxidation sites excluding steroid dienone is 6. The zero-order valence-corrected chi connectivity index (χ0v) is 18.8. The van der Waals surface area contributed by atoms with Crippen molar-refractivity contribution in [2.75, 3.05) is 13.1 Å². The van der Waals surface area contributed by atoms with Crippen LogP contribution in [0.2, 0.25) is 0 Å². The van der Waals surface area contributed by atoms with E-state index in [0.29, 0.717) is 13.1 Å². The summed E-state index contributed by atoms with van der Waals surface area (Å²) in [7, 11) is 0. The molecule has 0 aliphatic heterocycles. The fraction of sp³-hybridized carbons (Fsp3) is 0.583. The topological polar surface area (TPSA) is 63.4 Å². The summed E-state index contributed by atoms with van der Waals surface area (Å²) < 4.78 is 0. The van der Waals surface area contributed by atoms with Crippen molar-refractivity contribution in [3.8, 4) is 0 Å². The van der Waals surface area contributed by atoms with E-state index >= 15 is 0 Å². The third kappa shape index (κ3) is 15.0. The second kappa shape index (κ2) is 14.9. The third-order valence-corrected chi connectivity index (χ3v) is 4.44. The number of nitrogens with two attached hydrogens (primary N) is 1. The highest BCUT2D eigenvalue weighted by Gasteiger charge is 2.12. The minimum absolute atomic E-state index is 0.0273. The maximum absolute atomic E-state index is 12.5. The first-order valence-corrected chi connectivity index (χ1v) is 10.3. The molecule has 0 aliphatic carbocycles. The van der Waals surface area contributed by atoms with Crippen molar-refractivity contribution in [2.24, 2.45) is 5.73 Å². The number of carbonyl (C=O) groups excluding carboxylic acids is 2. The number of rotatable bonds is 13. The first-order chi connectivity index (χ1) is 13.1. The van der Waals surface area contributed by atoms with Crippen molar-refractivity contribution < 1.29 is 9.59 Å². The van der Waals surface area contributed by atoms with Crippen LogP contribution in [0.4, 0.5) is 0 Å². The fourth-order valence-electron chi connectivity index (χ4n) is 2.58. The van der Waals surface area contributed by atoms with Gasteiger partial charge in [-0.3, -0.25) is 9.59 Å². The van der Waals surface area contributed by atoms with Crippen LogP contribution in [0.15, 0.2) is 46.6 Å². The number of hydrogen-bond acceptors (Lipinski definition) is 2. The SMILES string of the molecule is CC(C)=CCC/C(C)=C/CN(C/C=C(\C)CCC=C(C)C)C(=O)CCC(N)=O. The lowest BCUT2D eigenvalue weighted by atomic mass is 10.1. The molecule has 0 aromatic heterocycles. The summed E-state index contributed by atoms with van der Waals surface area (Å²) in [4.78, 5) is 25.3. The van der Waals surface area contributed by atoms with Crippen molar-refractivity contribution in [1.82, 2.24) is 4.90 Å². The van der Waals surface area contributed by atoms with Crippen LogP contribution in [0, 0.1) is 0 Å². The third-order valence-electron chi connectivity index (χ3n) is 4.44. The number of carbonyl (C=O) groups is 2. The first-order valence-electron chi connectivity index (χ1n) is 10.3. The number of nitrogens with zero attached hydrogens (tertiary/aromatic N) is 1. The molecule has 0 bridgehead atoms. The van der Waals surface area contributed by atoms with Crippen LogP contribution in [-0.4, -0.2) is 29.8 Å². The smallest absolute Gasteiger partial charge is 0.223 e. The van der Waals surface area contributed by atoms with E-state index in [2.05, 4.69) is 65.8 Å². The van der Waals surface area contributed by atoms with E-state index in [9.17, 15) is 9.59 Å². The highest BCUT2D eigenvalue weighted by molar-refractivity contribution is 5.83. The van der Waals surface area contributed by atoms with Crippen molar-refractivity contribution >= 4 is 11.8 Å². The van der Waals surface area contributed by atoms with Crippen LogP contribution < -0.4 is 5.73 Å². The minimum atomic E-state index is -0.435. The molecule has 4 nitrogen and oxygen atoms in total. The zero-order valence-electron chi connectivity index (χ0n) is 18.8. The molecular formula is C24H40N2O2. The molecule has 0 rings (SSSR count). The summed E-state index contributed by atoms with van der Waals surface area (Å²) in [5.41, 5.74) is 10.4. The average molecular weight is 389 g/mol. The van der Waals surface area contributed by atoms with E-state index in [-0.39, 0.29) is 18.7 Å². The Morgan fingerprint density at radius 2 is 1.11 bits per heavy atom. The van der Waals surface area contributed by atoms with Gasteiger partial charge in [0.15, 0.2) is 0 Å². The molecule has 0 unspecified atom stereocenters. The molecule has 158 valence electrons. The second-order valence-corrected chi connectivity index (χ2v) is 8.01. The van der Waals surface area contributed by atoms with Gasteiger partial charge in [-0.15, -0.1) is 0 Å². The number of amides is 2. The molecule has 0 spiro atoms. The molecule has 0 radical (unpaired) electrons. The summed E-state index contributed by atoms with van der Waals surface area (Å²) in [6.45, 7) is 13.7. The molecular weight excluding hydrogens is 348 g/mol. The Labute approximate surface area is 172 Å². The van der Waals surface area contributed by atoms with Crippen LogP contribution in [0.1, 0.15) is 80.1 Å². The van der Waals surface area contributed by atoms with Gasteiger partial charge in [0.1, 0.15) is 0 Å². The highest BCUT2D eigenvalue weighted by Crippen LogP contribution is 2.10. The van der Waals surface area contributed by atoms with Crippen LogP contribution in [0.25, 0.3) is 0 Å². The van der Waals surface area contributed by atoms with E-state index in [0.717, 1.165) is 25.7 Å². The maximum atomic E-state index is 12.5. The lowest BCUT2D eigenvalue weighted by Gasteiger charge is -2.20. The Morgan fingerprint density at radius 1 is 0.679 bits per heavy atom. The Morgan fingerprint density at radius 3 is 1.46 bits per heavy atom. The van der Waals surface area contributed by atoms with E-state index in [1.165, 1.54) is 22.3 Å². The van der Waals surface area contributed by atoms with Gasteiger partial charge in [-0.05, 0) is 67.2 Å².